The van der Waals surface area contributed by atoms with Crippen molar-refractivity contribution in [1.29, 1.82) is 0 Å². The molecule has 1 heterocycles. The summed E-state index contributed by atoms with van der Waals surface area (Å²) in [6, 6.07) is 8.44. The molecule has 1 N–H and O–H groups in total. The largest absolute Gasteiger partial charge is 0.358 e. The fourth-order valence-electron chi connectivity index (χ4n) is 1.68. The minimum Gasteiger partial charge on any atom is -0.358 e. The van der Waals surface area contributed by atoms with Gasteiger partial charge in [0, 0.05) is 21.9 Å². The Hall–Kier alpha value is -0.760. The number of H-pyrrole nitrogens is 1. The fraction of sp³-hybridized carbons (Fsp3) is 0.385. The number of aromatic nitrogens is 1. The molecule has 0 amide bonds. The normalized spacial score (nSPS) is 9.87. The van der Waals surface area contributed by atoms with Crippen LogP contribution in [0.5, 0.6) is 0 Å². The van der Waals surface area contributed by atoms with Crippen LogP contribution in [0, 0.1) is 6.92 Å². The molecule has 0 radical (unpaired) electrons. The molecule has 1 nitrogen and oxygen atoms in total. The van der Waals surface area contributed by atoms with E-state index in [4.69, 9.17) is 0 Å². The molecule has 2 heteroatoms. The third-order valence-electron chi connectivity index (χ3n) is 2.41. The zero-order chi connectivity index (χ0) is 11.3. The molecular weight excluding hydrogens is 250 g/mol. The Labute approximate surface area is 100 Å². The predicted molar refractivity (Wildman–Crippen MR) is 71.9 cm³/mol. The highest BCUT2D eigenvalue weighted by Gasteiger charge is 2.04. The first-order chi connectivity index (χ1) is 7.33. The van der Waals surface area contributed by atoms with Crippen LogP contribution in [0.3, 0.4) is 0 Å². The fourth-order valence-corrected chi connectivity index (χ4v) is 2.08. The number of alkyl halides is 1. The Bertz CT molecular complexity index is 417. The van der Waals surface area contributed by atoms with Crippen molar-refractivity contribution in [2.75, 3.05) is 5.33 Å². The molecule has 0 fully saturated rings. The Balaban J connectivity index is 0.000000531. The average Bonchev–Trinajstić information content (AvgIpc) is 2.60. The van der Waals surface area contributed by atoms with Gasteiger partial charge in [-0.3, -0.25) is 0 Å². The number of benzene rings is 1. The van der Waals surface area contributed by atoms with Crippen molar-refractivity contribution in [2.45, 2.75) is 27.2 Å². The van der Waals surface area contributed by atoms with Crippen molar-refractivity contribution in [1.82, 2.24) is 4.98 Å². The van der Waals surface area contributed by atoms with Crippen molar-refractivity contribution in [2.24, 2.45) is 0 Å². The van der Waals surface area contributed by atoms with Crippen LogP contribution in [0.2, 0.25) is 0 Å². The second-order valence-corrected chi connectivity index (χ2v) is 4.01. The number of fused-ring (bicyclic) bond motifs is 1. The van der Waals surface area contributed by atoms with Gasteiger partial charge in [0.2, 0.25) is 0 Å². The van der Waals surface area contributed by atoms with E-state index in [-0.39, 0.29) is 0 Å². The number of hydrogen-bond donors (Lipinski definition) is 1. The summed E-state index contributed by atoms with van der Waals surface area (Å²) in [7, 11) is 0. The van der Waals surface area contributed by atoms with E-state index >= 15 is 0 Å². The summed E-state index contributed by atoms with van der Waals surface area (Å²) in [5.74, 6) is 0. The maximum absolute atomic E-state index is 3.46. The van der Waals surface area contributed by atoms with Crippen molar-refractivity contribution in [3.05, 3.63) is 35.5 Å². The summed E-state index contributed by atoms with van der Waals surface area (Å²) in [5, 5.41) is 2.36. The maximum Gasteiger partial charge on any atom is 0.0458 e. The van der Waals surface area contributed by atoms with E-state index in [1.54, 1.807) is 0 Å². The number of hydrogen-bond acceptors (Lipinski definition) is 0. The first-order valence-corrected chi connectivity index (χ1v) is 6.57. The number of halogens is 1. The van der Waals surface area contributed by atoms with Crippen molar-refractivity contribution in [3.63, 3.8) is 0 Å². The molecule has 2 rings (SSSR count). The quantitative estimate of drug-likeness (QED) is 0.775. The molecular formula is C13H18BrN. The molecule has 1 aromatic carbocycles. The second kappa shape index (κ2) is 5.96. The third-order valence-corrected chi connectivity index (χ3v) is 2.81. The van der Waals surface area contributed by atoms with Crippen LogP contribution in [-0.4, -0.2) is 10.3 Å². The van der Waals surface area contributed by atoms with E-state index < -0.39 is 0 Å². The summed E-state index contributed by atoms with van der Waals surface area (Å²) >= 11 is 3.46. The third kappa shape index (κ3) is 2.63. The minimum absolute atomic E-state index is 1.01. The van der Waals surface area contributed by atoms with E-state index in [9.17, 15) is 0 Å². The van der Waals surface area contributed by atoms with Gasteiger partial charge >= 0.3 is 0 Å². The van der Waals surface area contributed by atoms with Gasteiger partial charge in [-0.25, -0.2) is 0 Å². The number of aromatic amines is 1. The van der Waals surface area contributed by atoms with Crippen molar-refractivity contribution >= 4 is 26.8 Å². The molecule has 0 saturated heterocycles. The molecule has 0 saturated carbocycles. The molecule has 0 aliphatic heterocycles. The molecule has 0 spiro atoms. The lowest BCUT2D eigenvalue weighted by Gasteiger charge is -1.94. The van der Waals surface area contributed by atoms with E-state index in [1.807, 2.05) is 13.8 Å². The highest BCUT2D eigenvalue weighted by molar-refractivity contribution is 9.09. The lowest BCUT2D eigenvalue weighted by molar-refractivity contribution is 1.07. The molecule has 0 bridgehead atoms. The zero-order valence-electron chi connectivity index (χ0n) is 9.60. The highest BCUT2D eigenvalue weighted by atomic mass is 79.9. The van der Waals surface area contributed by atoms with Gasteiger partial charge < -0.3 is 4.98 Å². The first-order valence-electron chi connectivity index (χ1n) is 5.45. The molecule has 15 heavy (non-hydrogen) atoms. The molecule has 0 unspecified atom stereocenters. The molecule has 0 atom stereocenters. The Morgan fingerprint density at radius 3 is 2.47 bits per heavy atom. The first kappa shape index (κ1) is 12.3. The zero-order valence-corrected chi connectivity index (χ0v) is 11.2. The topological polar surface area (TPSA) is 15.8 Å². The van der Waals surface area contributed by atoms with Gasteiger partial charge in [-0.15, -0.1) is 0 Å². The van der Waals surface area contributed by atoms with Gasteiger partial charge in [-0.1, -0.05) is 48.0 Å². The SMILES string of the molecule is CC.Cc1c(CCBr)[nH]c2ccccc12. The Morgan fingerprint density at radius 2 is 1.87 bits per heavy atom. The number of aryl methyl sites for hydroxylation is 2. The number of nitrogens with one attached hydrogen (secondary N) is 1. The minimum atomic E-state index is 1.01. The molecule has 0 aliphatic rings. The van der Waals surface area contributed by atoms with E-state index in [1.165, 1.54) is 22.2 Å². The van der Waals surface area contributed by atoms with Gasteiger partial charge in [0.1, 0.15) is 0 Å². The van der Waals surface area contributed by atoms with Crippen LogP contribution in [0.15, 0.2) is 24.3 Å². The summed E-state index contributed by atoms with van der Waals surface area (Å²) in [5.41, 5.74) is 3.98. The number of rotatable bonds is 2. The summed E-state index contributed by atoms with van der Waals surface area (Å²) in [6.07, 6.45) is 1.07. The van der Waals surface area contributed by atoms with Crippen LogP contribution in [0.25, 0.3) is 10.9 Å². The van der Waals surface area contributed by atoms with E-state index in [0.29, 0.717) is 0 Å². The van der Waals surface area contributed by atoms with Crippen LogP contribution >= 0.6 is 15.9 Å². The van der Waals surface area contributed by atoms with Crippen molar-refractivity contribution in [3.8, 4) is 0 Å². The van der Waals surface area contributed by atoms with Crippen LogP contribution in [0.4, 0.5) is 0 Å². The molecule has 82 valence electrons. The monoisotopic (exact) mass is 267 g/mol. The molecule has 2 aromatic rings. The Morgan fingerprint density at radius 1 is 1.20 bits per heavy atom. The van der Waals surface area contributed by atoms with E-state index in [2.05, 4.69) is 52.1 Å². The van der Waals surface area contributed by atoms with Gasteiger partial charge in [0.05, 0.1) is 0 Å². The predicted octanol–water partition coefficient (Wildman–Crippen LogP) is 4.44. The smallest absolute Gasteiger partial charge is 0.0458 e. The molecule has 0 aliphatic carbocycles. The summed E-state index contributed by atoms with van der Waals surface area (Å²) in [6.45, 7) is 6.18. The van der Waals surface area contributed by atoms with Gasteiger partial charge in [-0.2, -0.15) is 0 Å². The standard InChI is InChI=1S/C11H12BrN.C2H6/c1-8-9-4-2-3-5-11(9)13-10(8)6-7-12;1-2/h2-5,13H,6-7H2,1H3;1-2H3. The van der Waals surface area contributed by atoms with Crippen LogP contribution in [0.1, 0.15) is 25.1 Å². The van der Waals surface area contributed by atoms with Crippen molar-refractivity contribution < 1.29 is 0 Å². The summed E-state index contributed by atoms with van der Waals surface area (Å²) < 4.78 is 0. The average molecular weight is 268 g/mol. The van der Waals surface area contributed by atoms with Crippen LogP contribution < -0.4 is 0 Å². The lowest BCUT2D eigenvalue weighted by atomic mass is 10.1. The van der Waals surface area contributed by atoms with Crippen LogP contribution in [-0.2, 0) is 6.42 Å². The second-order valence-electron chi connectivity index (χ2n) is 3.21. The molecule has 1 aromatic heterocycles. The van der Waals surface area contributed by atoms with Gasteiger partial charge in [0.15, 0.2) is 0 Å². The summed E-state index contributed by atoms with van der Waals surface area (Å²) in [4.78, 5) is 3.43. The maximum atomic E-state index is 3.46. The highest BCUT2D eigenvalue weighted by Crippen LogP contribution is 2.21. The van der Waals surface area contributed by atoms with E-state index in [0.717, 1.165) is 11.8 Å². The Kier molecular flexibility index (Phi) is 4.89. The van der Waals surface area contributed by atoms with Gasteiger partial charge in [0.25, 0.3) is 0 Å². The lowest BCUT2D eigenvalue weighted by Crippen LogP contribution is -1.87. The van der Waals surface area contributed by atoms with Gasteiger partial charge in [-0.05, 0) is 25.0 Å². The number of para-hydroxylation sites is 1.